The van der Waals surface area contributed by atoms with Crippen LogP contribution < -0.4 is 4.31 Å². The Hall–Kier alpha value is -3.12. The summed E-state index contributed by atoms with van der Waals surface area (Å²) < 4.78 is 33.6. The monoisotopic (exact) mass is 437 g/mol. The number of hydrogen-bond acceptors (Lipinski definition) is 4. The van der Waals surface area contributed by atoms with Gasteiger partial charge in [-0.25, -0.2) is 13.2 Å². The van der Waals surface area contributed by atoms with Crippen LogP contribution in [0.15, 0.2) is 77.7 Å². The molecule has 0 radical (unpaired) electrons. The third-order valence-electron chi connectivity index (χ3n) is 4.97. The van der Waals surface area contributed by atoms with E-state index < -0.39 is 21.5 Å². The molecule has 0 aliphatic rings. The number of carbonyl (C=O) groups is 1. The van der Waals surface area contributed by atoms with E-state index in [4.69, 9.17) is 4.74 Å². The van der Waals surface area contributed by atoms with Crippen LogP contribution in [0.25, 0.3) is 11.1 Å². The molecule has 31 heavy (non-hydrogen) atoms. The van der Waals surface area contributed by atoms with Crippen LogP contribution in [0.2, 0.25) is 0 Å². The van der Waals surface area contributed by atoms with Crippen LogP contribution in [0.1, 0.15) is 36.7 Å². The van der Waals surface area contributed by atoms with Crippen molar-refractivity contribution in [2.45, 2.75) is 38.1 Å². The Morgan fingerprint density at radius 1 is 0.871 bits per heavy atom. The molecular weight excluding hydrogens is 410 g/mol. The summed E-state index contributed by atoms with van der Waals surface area (Å²) in [7, 11) is -2.67. The predicted octanol–water partition coefficient (Wildman–Crippen LogP) is 5.44. The molecule has 0 unspecified atom stereocenters. The quantitative estimate of drug-likeness (QED) is 0.499. The molecule has 0 fully saturated rings. The molecule has 0 aliphatic heterocycles. The summed E-state index contributed by atoms with van der Waals surface area (Å²) in [6.45, 7) is 7.26. The van der Waals surface area contributed by atoms with E-state index in [1.807, 2.05) is 63.2 Å². The third-order valence-corrected chi connectivity index (χ3v) is 7.06. The largest absolute Gasteiger partial charge is 0.465 e. The van der Waals surface area contributed by atoms with Gasteiger partial charge in [0, 0.05) is 5.54 Å². The van der Waals surface area contributed by atoms with E-state index in [-0.39, 0.29) is 10.5 Å². The van der Waals surface area contributed by atoms with Crippen molar-refractivity contribution in [2.75, 3.05) is 11.4 Å². The zero-order valence-corrected chi connectivity index (χ0v) is 19.2. The number of rotatable bonds is 5. The van der Waals surface area contributed by atoms with E-state index in [1.54, 1.807) is 25.1 Å². The Balaban J connectivity index is 2.08. The number of hydrogen-bond donors (Lipinski definition) is 0. The van der Waals surface area contributed by atoms with Gasteiger partial charge in [-0.3, -0.25) is 4.31 Å². The predicted molar refractivity (Wildman–Crippen MR) is 124 cm³/mol. The van der Waals surface area contributed by atoms with Crippen LogP contribution in [0, 0.1) is 6.92 Å². The van der Waals surface area contributed by atoms with Crippen molar-refractivity contribution in [3.05, 3.63) is 83.9 Å². The van der Waals surface area contributed by atoms with Crippen molar-refractivity contribution in [1.82, 2.24) is 0 Å². The standard InChI is InChI=1S/C25H27NO4S/c1-18-11-16-22(17-23(18)24(27)30-5)31(28,29)26(25(2,3)4)21-14-12-20(13-15-21)19-9-7-6-8-10-19/h6-17H,1-5H3. The average molecular weight is 438 g/mol. The summed E-state index contributed by atoms with van der Waals surface area (Å²) in [5.74, 6) is -0.566. The lowest BCUT2D eigenvalue weighted by molar-refractivity contribution is 0.0599. The number of methoxy groups -OCH3 is 1. The van der Waals surface area contributed by atoms with E-state index in [1.165, 1.54) is 23.5 Å². The molecule has 0 bridgehead atoms. The first kappa shape index (κ1) is 22.6. The van der Waals surface area contributed by atoms with Crippen molar-refractivity contribution < 1.29 is 17.9 Å². The van der Waals surface area contributed by atoms with Gasteiger partial charge in [0.25, 0.3) is 10.0 Å². The minimum atomic E-state index is -3.94. The van der Waals surface area contributed by atoms with Crippen molar-refractivity contribution >= 4 is 21.7 Å². The molecule has 5 nitrogen and oxygen atoms in total. The Labute approximate surface area is 184 Å². The topological polar surface area (TPSA) is 63.7 Å². The summed E-state index contributed by atoms with van der Waals surface area (Å²) in [5, 5.41) is 0. The fourth-order valence-corrected chi connectivity index (χ4v) is 5.34. The first-order valence-electron chi connectivity index (χ1n) is 9.95. The van der Waals surface area contributed by atoms with Gasteiger partial charge < -0.3 is 4.74 Å². The van der Waals surface area contributed by atoms with Crippen molar-refractivity contribution in [3.63, 3.8) is 0 Å². The Morgan fingerprint density at radius 2 is 1.45 bits per heavy atom. The molecular formula is C25H27NO4S. The van der Waals surface area contributed by atoms with Crippen LogP contribution in [-0.2, 0) is 14.8 Å². The first-order chi connectivity index (χ1) is 14.6. The van der Waals surface area contributed by atoms with Gasteiger partial charge in [0.2, 0.25) is 0 Å². The molecule has 162 valence electrons. The number of anilines is 1. The highest BCUT2D eigenvalue weighted by Gasteiger charge is 2.35. The van der Waals surface area contributed by atoms with E-state index in [0.29, 0.717) is 11.3 Å². The zero-order valence-electron chi connectivity index (χ0n) is 18.4. The first-order valence-corrected chi connectivity index (χ1v) is 11.4. The SMILES string of the molecule is COC(=O)c1cc(S(=O)(=O)N(c2ccc(-c3ccccc3)cc2)C(C)(C)C)ccc1C. The minimum Gasteiger partial charge on any atom is -0.465 e. The van der Waals surface area contributed by atoms with E-state index >= 15 is 0 Å². The molecule has 3 rings (SSSR count). The molecule has 3 aromatic carbocycles. The second-order valence-corrected chi connectivity index (χ2v) is 10.1. The second-order valence-electron chi connectivity index (χ2n) is 8.32. The summed E-state index contributed by atoms with van der Waals surface area (Å²) in [4.78, 5) is 12.1. The number of sulfonamides is 1. The van der Waals surface area contributed by atoms with Gasteiger partial charge >= 0.3 is 5.97 Å². The minimum absolute atomic E-state index is 0.0422. The summed E-state index contributed by atoms with van der Waals surface area (Å²) in [6, 6.07) is 21.9. The molecule has 3 aromatic rings. The summed E-state index contributed by atoms with van der Waals surface area (Å²) in [5.41, 5.74) is 2.76. The fraction of sp³-hybridized carbons (Fsp3) is 0.240. The maximum absolute atomic E-state index is 13.7. The number of ether oxygens (including phenoxy) is 1. The summed E-state index contributed by atoms with van der Waals surface area (Å²) >= 11 is 0. The zero-order chi connectivity index (χ0) is 22.8. The smallest absolute Gasteiger partial charge is 0.338 e. The molecule has 6 heteroatoms. The highest BCUT2D eigenvalue weighted by molar-refractivity contribution is 7.93. The number of esters is 1. The van der Waals surface area contributed by atoms with Crippen LogP contribution in [0.3, 0.4) is 0 Å². The molecule has 0 aromatic heterocycles. The maximum Gasteiger partial charge on any atom is 0.338 e. The second kappa shape index (κ2) is 8.55. The number of aryl methyl sites for hydroxylation is 1. The van der Waals surface area contributed by atoms with Crippen LogP contribution in [0.4, 0.5) is 5.69 Å². The van der Waals surface area contributed by atoms with Gasteiger partial charge in [0.15, 0.2) is 0 Å². The lowest BCUT2D eigenvalue weighted by Gasteiger charge is -2.36. The lowest BCUT2D eigenvalue weighted by atomic mass is 10.0. The average Bonchev–Trinajstić information content (AvgIpc) is 2.73. The van der Waals surface area contributed by atoms with E-state index in [9.17, 15) is 13.2 Å². The van der Waals surface area contributed by atoms with Crippen LogP contribution in [0.5, 0.6) is 0 Å². The molecule has 0 heterocycles. The van der Waals surface area contributed by atoms with E-state index in [2.05, 4.69) is 0 Å². The van der Waals surface area contributed by atoms with Gasteiger partial charge in [-0.05, 0) is 68.7 Å². The van der Waals surface area contributed by atoms with Crippen LogP contribution in [-0.4, -0.2) is 27.0 Å². The third kappa shape index (κ3) is 4.64. The fourth-order valence-electron chi connectivity index (χ4n) is 3.50. The maximum atomic E-state index is 13.7. The molecule has 0 N–H and O–H groups in total. The van der Waals surface area contributed by atoms with Crippen molar-refractivity contribution in [2.24, 2.45) is 0 Å². The Morgan fingerprint density at radius 3 is 2.00 bits per heavy atom. The highest BCUT2D eigenvalue weighted by atomic mass is 32.2. The number of nitrogens with zero attached hydrogens (tertiary/aromatic N) is 1. The molecule has 0 aliphatic carbocycles. The van der Waals surface area contributed by atoms with Gasteiger partial charge in [0.1, 0.15) is 0 Å². The van der Waals surface area contributed by atoms with Gasteiger partial charge in [0.05, 0.1) is 23.3 Å². The van der Waals surface area contributed by atoms with Crippen LogP contribution >= 0.6 is 0 Å². The number of benzene rings is 3. The normalized spacial score (nSPS) is 11.8. The van der Waals surface area contributed by atoms with E-state index in [0.717, 1.165) is 11.1 Å². The molecule has 0 amide bonds. The van der Waals surface area contributed by atoms with Crippen molar-refractivity contribution in [1.29, 1.82) is 0 Å². The Bertz CT molecular complexity index is 1180. The lowest BCUT2D eigenvalue weighted by Crippen LogP contribution is -2.45. The molecule has 0 saturated carbocycles. The van der Waals surface area contributed by atoms with Gasteiger partial charge in [-0.1, -0.05) is 48.5 Å². The summed E-state index contributed by atoms with van der Waals surface area (Å²) in [6.07, 6.45) is 0. The number of carbonyl (C=O) groups excluding carboxylic acids is 1. The molecule has 0 atom stereocenters. The van der Waals surface area contributed by atoms with Gasteiger partial charge in [-0.15, -0.1) is 0 Å². The molecule has 0 spiro atoms. The van der Waals surface area contributed by atoms with Crippen molar-refractivity contribution in [3.8, 4) is 11.1 Å². The molecule has 0 saturated heterocycles. The Kier molecular flexibility index (Phi) is 6.23. The van der Waals surface area contributed by atoms with Gasteiger partial charge in [-0.2, -0.15) is 0 Å². The highest BCUT2D eigenvalue weighted by Crippen LogP contribution is 2.33.